The van der Waals surface area contributed by atoms with Gasteiger partial charge in [-0.05, 0) is 42.3 Å². The Kier molecular flexibility index (Phi) is 3.25. The van der Waals surface area contributed by atoms with Crippen LogP contribution in [0.25, 0.3) is 11.0 Å². The highest BCUT2D eigenvalue weighted by atomic mass is 15.2. The van der Waals surface area contributed by atoms with Gasteiger partial charge in [0.25, 0.3) is 0 Å². The van der Waals surface area contributed by atoms with Gasteiger partial charge in [-0.2, -0.15) is 0 Å². The average Bonchev–Trinajstić information content (AvgIpc) is 2.89. The van der Waals surface area contributed by atoms with Crippen LogP contribution in [0.2, 0.25) is 0 Å². The summed E-state index contributed by atoms with van der Waals surface area (Å²) in [6, 6.07) is 9.77. The van der Waals surface area contributed by atoms with E-state index in [1.165, 1.54) is 5.56 Å². The Balaban J connectivity index is 1.73. The van der Waals surface area contributed by atoms with E-state index in [-0.39, 0.29) is 0 Å². The number of hydrogen-bond donors (Lipinski definition) is 2. The van der Waals surface area contributed by atoms with Gasteiger partial charge in [0.15, 0.2) is 0 Å². The zero-order chi connectivity index (χ0) is 13.9. The molecule has 0 unspecified atom stereocenters. The first kappa shape index (κ1) is 12.5. The van der Waals surface area contributed by atoms with E-state index >= 15 is 0 Å². The minimum Gasteiger partial charge on any atom is -0.399 e. The fourth-order valence-corrected chi connectivity index (χ4v) is 2.15. The van der Waals surface area contributed by atoms with Crippen molar-refractivity contribution in [3.8, 4) is 0 Å². The van der Waals surface area contributed by atoms with E-state index in [1.54, 1.807) is 0 Å². The molecule has 0 bridgehead atoms. The van der Waals surface area contributed by atoms with E-state index in [1.807, 2.05) is 49.8 Å². The van der Waals surface area contributed by atoms with E-state index in [0.29, 0.717) is 0 Å². The number of nitrogen functional groups attached to an aromatic ring is 1. The van der Waals surface area contributed by atoms with Gasteiger partial charge in [-0.25, -0.2) is 4.98 Å². The highest BCUT2D eigenvalue weighted by molar-refractivity contribution is 5.80. The molecule has 5 heteroatoms. The third-order valence-electron chi connectivity index (χ3n) is 3.34. The molecule has 5 nitrogen and oxygen atoms in total. The molecular formula is C15H17N5. The van der Waals surface area contributed by atoms with Crippen LogP contribution in [0.5, 0.6) is 0 Å². The molecule has 0 fully saturated rings. The number of anilines is 2. The Morgan fingerprint density at radius 1 is 1.20 bits per heavy atom. The molecule has 0 aliphatic carbocycles. The summed E-state index contributed by atoms with van der Waals surface area (Å²) < 4.78 is 0. The van der Waals surface area contributed by atoms with Gasteiger partial charge in [-0.15, -0.1) is 0 Å². The molecule has 0 saturated carbocycles. The van der Waals surface area contributed by atoms with Gasteiger partial charge in [-0.1, -0.05) is 0 Å². The summed E-state index contributed by atoms with van der Waals surface area (Å²) in [6.07, 6.45) is 4.59. The molecule has 102 valence electrons. The van der Waals surface area contributed by atoms with Gasteiger partial charge in [0.2, 0.25) is 5.95 Å². The van der Waals surface area contributed by atoms with E-state index in [0.717, 1.165) is 35.6 Å². The minimum absolute atomic E-state index is 0.743. The van der Waals surface area contributed by atoms with Crippen LogP contribution < -0.4 is 10.6 Å². The molecule has 3 N–H and O–H groups in total. The Labute approximate surface area is 117 Å². The number of pyridine rings is 1. The summed E-state index contributed by atoms with van der Waals surface area (Å²) in [5.41, 5.74) is 9.69. The molecule has 20 heavy (non-hydrogen) atoms. The van der Waals surface area contributed by atoms with Crippen LogP contribution in [0, 0.1) is 0 Å². The highest BCUT2D eigenvalue weighted by Gasteiger charge is 2.07. The van der Waals surface area contributed by atoms with Crippen molar-refractivity contribution in [3.63, 3.8) is 0 Å². The van der Waals surface area contributed by atoms with Gasteiger partial charge in [-0.3, -0.25) is 4.98 Å². The number of aromatic nitrogens is 3. The second-order valence-electron chi connectivity index (χ2n) is 4.86. The zero-order valence-corrected chi connectivity index (χ0v) is 11.4. The number of hydrogen-bond acceptors (Lipinski definition) is 4. The molecule has 2 heterocycles. The maximum Gasteiger partial charge on any atom is 0.203 e. The second kappa shape index (κ2) is 5.21. The normalized spacial score (nSPS) is 10.8. The number of fused-ring (bicyclic) bond motifs is 1. The number of rotatable bonds is 4. The van der Waals surface area contributed by atoms with Crippen molar-refractivity contribution in [3.05, 3.63) is 48.3 Å². The lowest BCUT2D eigenvalue weighted by atomic mass is 10.2. The maximum absolute atomic E-state index is 5.78. The van der Waals surface area contributed by atoms with Crippen LogP contribution in [0.15, 0.2) is 42.7 Å². The van der Waals surface area contributed by atoms with Crippen LogP contribution in [-0.2, 0) is 6.42 Å². The maximum atomic E-state index is 5.78. The van der Waals surface area contributed by atoms with Crippen LogP contribution in [0.3, 0.4) is 0 Å². The molecule has 3 rings (SSSR count). The molecule has 0 spiro atoms. The Morgan fingerprint density at radius 3 is 2.80 bits per heavy atom. The standard InChI is InChI=1S/C15H17N5/c1-20(9-6-11-4-7-17-8-5-11)15-18-13-3-2-12(16)10-14(13)19-15/h2-5,7-8,10H,6,9,16H2,1H3,(H,18,19). The fraction of sp³-hybridized carbons (Fsp3) is 0.200. The fourth-order valence-electron chi connectivity index (χ4n) is 2.15. The molecule has 0 aliphatic rings. The summed E-state index contributed by atoms with van der Waals surface area (Å²) in [6.45, 7) is 0.888. The molecule has 0 atom stereocenters. The first-order valence-corrected chi connectivity index (χ1v) is 6.57. The first-order valence-electron chi connectivity index (χ1n) is 6.57. The molecule has 1 aromatic carbocycles. The van der Waals surface area contributed by atoms with E-state index in [9.17, 15) is 0 Å². The first-order chi connectivity index (χ1) is 9.72. The molecule has 2 aromatic heterocycles. The van der Waals surface area contributed by atoms with Gasteiger partial charge in [0.05, 0.1) is 11.0 Å². The predicted molar refractivity (Wildman–Crippen MR) is 81.7 cm³/mol. The van der Waals surface area contributed by atoms with Crippen LogP contribution in [0.1, 0.15) is 5.56 Å². The summed E-state index contributed by atoms with van der Waals surface area (Å²) in [5, 5.41) is 0. The Morgan fingerprint density at radius 2 is 2.00 bits per heavy atom. The van der Waals surface area contributed by atoms with Gasteiger partial charge in [0, 0.05) is 31.7 Å². The van der Waals surface area contributed by atoms with Crippen molar-refractivity contribution in [1.82, 2.24) is 15.0 Å². The number of nitrogens with zero attached hydrogens (tertiary/aromatic N) is 3. The number of benzene rings is 1. The van der Waals surface area contributed by atoms with Crippen molar-refractivity contribution in [2.45, 2.75) is 6.42 Å². The lowest BCUT2D eigenvalue weighted by Crippen LogP contribution is -2.21. The highest BCUT2D eigenvalue weighted by Crippen LogP contribution is 2.19. The summed E-state index contributed by atoms with van der Waals surface area (Å²) in [5.74, 6) is 0.861. The van der Waals surface area contributed by atoms with Crippen LogP contribution in [-0.4, -0.2) is 28.5 Å². The quantitative estimate of drug-likeness (QED) is 0.711. The van der Waals surface area contributed by atoms with Crippen molar-refractivity contribution in [2.75, 3.05) is 24.2 Å². The Bertz CT molecular complexity index is 705. The minimum atomic E-state index is 0.743. The number of aromatic amines is 1. The lowest BCUT2D eigenvalue weighted by molar-refractivity contribution is 0.849. The molecular weight excluding hydrogens is 250 g/mol. The van der Waals surface area contributed by atoms with E-state index < -0.39 is 0 Å². The number of nitrogens with two attached hydrogens (primary N) is 1. The van der Waals surface area contributed by atoms with Crippen molar-refractivity contribution in [2.24, 2.45) is 0 Å². The summed E-state index contributed by atoms with van der Waals surface area (Å²) >= 11 is 0. The number of imidazole rings is 1. The van der Waals surface area contributed by atoms with Crippen LogP contribution >= 0.6 is 0 Å². The predicted octanol–water partition coefficient (Wildman–Crippen LogP) is 2.22. The zero-order valence-electron chi connectivity index (χ0n) is 11.4. The third-order valence-corrected chi connectivity index (χ3v) is 3.34. The number of likely N-dealkylation sites (N-methyl/N-ethyl adjacent to an activating group) is 1. The van der Waals surface area contributed by atoms with Gasteiger partial charge < -0.3 is 15.6 Å². The molecule has 0 aliphatic heterocycles. The molecule has 0 saturated heterocycles. The lowest BCUT2D eigenvalue weighted by Gasteiger charge is -2.15. The SMILES string of the molecule is CN(CCc1ccncc1)c1nc2ccc(N)cc2[nH]1. The smallest absolute Gasteiger partial charge is 0.203 e. The van der Waals surface area contributed by atoms with E-state index in [4.69, 9.17) is 5.73 Å². The Hall–Kier alpha value is -2.56. The molecule has 0 radical (unpaired) electrons. The topological polar surface area (TPSA) is 70.8 Å². The van der Waals surface area contributed by atoms with Gasteiger partial charge >= 0.3 is 0 Å². The summed E-state index contributed by atoms with van der Waals surface area (Å²) in [4.78, 5) is 14.0. The number of H-pyrrole nitrogens is 1. The van der Waals surface area contributed by atoms with E-state index in [2.05, 4.69) is 19.9 Å². The largest absolute Gasteiger partial charge is 0.399 e. The molecule has 0 amide bonds. The second-order valence-corrected chi connectivity index (χ2v) is 4.86. The monoisotopic (exact) mass is 267 g/mol. The molecule has 3 aromatic rings. The summed E-state index contributed by atoms with van der Waals surface area (Å²) in [7, 11) is 2.03. The van der Waals surface area contributed by atoms with Crippen molar-refractivity contribution >= 4 is 22.7 Å². The van der Waals surface area contributed by atoms with Crippen molar-refractivity contribution < 1.29 is 0 Å². The van der Waals surface area contributed by atoms with Crippen LogP contribution in [0.4, 0.5) is 11.6 Å². The van der Waals surface area contributed by atoms with Crippen molar-refractivity contribution in [1.29, 1.82) is 0 Å². The number of nitrogens with one attached hydrogen (secondary N) is 1. The third kappa shape index (κ3) is 2.56. The average molecular weight is 267 g/mol. The van der Waals surface area contributed by atoms with Gasteiger partial charge in [0.1, 0.15) is 0 Å².